The summed E-state index contributed by atoms with van der Waals surface area (Å²) in [7, 11) is 0. The molecule has 8 heteroatoms. The van der Waals surface area contributed by atoms with Gasteiger partial charge in [0, 0.05) is 31.6 Å². The Morgan fingerprint density at radius 2 is 2.35 bits per heavy atom. The molecule has 0 radical (unpaired) electrons. The van der Waals surface area contributed by atoms with E-state index in [1.807, 2.05) is 4.90 Å². The van der Waals surface area contributed by atoms with Crippen LogP contribution in [0.3, 0.4) is 0 Å². The molecule has 2 N–H and O–H groups in total. The predicted molar refractivity (Wildman–Crippen MR) is 90.5 cm³/mol. The molecule has 3 rings (SSSR count). The van der Waals surface area contributed by atoms with Gasteiger partial charge >= 0.3 is 0 Å². The molecule has 0 spiro atoms. The fourth-order valence-corrected chi connectivity index (χ4v) is 3.88. The number of nitrogens with zero attached hydrogens (tertiary/aromatic N) is 2. The van der Waals surface area contributed by atoms with Crippen LogP contribution in [0.5, 0.6) is 0 Å². The summed E-state index contributed by atoms with van der Waals surface area (Å²) >= 11 is 7.50. The second-order valence-corrected chi connectivity index (χ2v) is 7.24. The molecule has 0 aromatic carbocycles. The topological polar surface area (TPSA) is 74.3 Å². The molecule has 2 unspecified atom stereocenters. The Morgan fingerprint density at radius 3 is 3.04 bits per heavy atom. The van der Waals surface area contributed by atoms with Gasteiger partial charge in [-0.15, -0.1) is 11.8 Å². The molecule has 2 amide bonds. The number of hydrogen-bond acceptors (Lipinski definition) is 5. The van der Waals surface area contributed by atoms with Crippen molar-refractivity contribution in [1.82, 2.24) is 20.5 Å². The maximum Gasteiger partial charge on any atom is 0.252 e. The summed E-state index contributed by atoms with van der Waals surface area (Å²) in [4.78, 5) is 30.2. The van der Waals surface area contributed by atoms with Crippen molar-refractivity contribution in [3.63, 3.8) is 0 Å². The highest BCUT2D eigenvalue weighted by atomic mass is 35.5. The SMILES string of the molecule is O=C(NCC1CNC(C(=O)N2CCSC2)C1)c1ccc(Cl)nc1. The number of nitrogens with one attached hydrogen (secondary N) is 2. The number of hydrogen-bond donors (Lipinski definition) is 2. The quantitative estimate of drug-likeness (QED) is 0.788. The summed E-state index contributed by atoms with van der Waals surface area (Å²) in [6, 6.07) is 3.12. The van der Waals surface area contributed by atoms with E-state index in [4.69, 9.17) is 11.6 Å². The standard InChI is InChI=1S/C15H19ClN4O2S/c16-13-2-1-11(8-18-13)14(21)19-7-10-5-12(17-6-10)15(22)20-3-4-23-9-20/h1-2,8,10,12,17H,3-7,9H2,(H,19,21). The summed E-state index contributed by atoms with van der Waals surface area (Å²) in [6.45, 7) is 2.14. The van der Waals surface area contributed by atoms with Crippen molar-refractivity contribution in [3.05, 3.63) is 29.0 Å². The first-order chi connectivity index (χ1) is 11.1. The number of thioether (sulfide) groups is 1. The minimum atomic E-state index is -0.167. The third-order valence-electron chi connectivity index (χ3n) is 4.13. The van der Waals surface area contributed by atoms with Crippen LogP contribution in [-0.4, -0.2) is 59.0 Å². The van der Waals surface area contributed by atoms with Crippen LogP contribution < -0.4 is 10.6 Å². The molecule has 1 aromatic heterocycles. The number of pyridine rings is 1. The van der Waals surface area contributed by atoms with Crippen molar-refractivity contribution in [2.24, 2.45) is 5.92 Å². The van der Waals surface area contributed by atoms with Crippen LogP contribution in [0.4, 0.5) is 0 Å². The fraction of sp³-hybridized carbons (Fsp3) is 0.533. The van der Waals surface area contributed by atoms with Crippen molar-refractivity contribution in [1.29, 1.82) is 0 Å². The van der Waals surface area contributed by atoms with Gasteiger partial charge in [-0.1, -0.05) is 11.6 Å². The molecule has 2 atom stereocenters. The van der Waals surface area contributed by atoms with Crippen LogP contribution in [0, 0.1) is 5.92 Å². The number of aromatic nitrogens is 1. The second-order valence-electron chi connectivity index (χ2n) is 5.78. The van der Waals surface area contributed by atoms with E-state index in [1.54, 1.807) is 23.9 Å². The van der Waals surface area contributed by atoms with Crippen LogP contribution in [0.1, 0.15) is 16.8 Å². The van der Waals surface area contributed by atoms with Crippen molar-refractivity contribution in [2.45, 2.75) is 12.5 Å². The molecule has 124 valence electrons. The normalized spacial score (nSPS) is 24.0. The molecule has 2 aliphatic rings. The Kier molecular flexibility index (Phi) is 5.40. The zero-order chi connectivity index (χ0) is 16.2. The zero-order valence-electron chi connectivity index (χ0n) is 12.6. The van der Waals surface area contributed by atoms with Crippen LogP contribution in [0.2, 0.25) is 5.15 Å². The van der Waals surface area contributed by atoms with Gasteiger partial charge in [-0.2, -0.15) is 0 Å². The van der Waals surface area contributed by atoms with E-state index in [2.05, 4.69) is 15.6 Å². The highest BCUT2D eigenvalue weighted by molar-refractivity contribution is 7.99. The highest BCUT2D eigenvalue weighted by Gasteiger charge is 2.33. The summed E-state index contributed by atoms with van der Waals surface area (Å²) < 4.78 is 0. The largest absolute Gasteiger partial charge is 0.352 e. The second kappa shape index (κ2) is 7.51. The van der Waals surface area contributed by atoms with Crippen LogP contribution in [-0.2, 0) is 4.79 Å². The summed E-state index contributed by atoms with van der Waals surface area (Å²) in [5.74, 6) is 2.10. The van der Waals surface area contributed by atoms with Crippen molar-refractivity contribution in [3.8, 4) is 0 Å². The Balaban J connectivity index is 1.45. The molecule has 2 saturated heterocycles. The third-order valence-corrected chi connectivity index (χ3v) is 5.31. The Hall–Kier alpha value is -1.31. The number of carbonyl (C=O) groups is 2. The Bertz CT molecular complexity index is 577. The van der Waals surface area contributed by atoms with E-state index in [9.17, 15) is 9.59 Å². The summed E-state index contributed by atoms with van der Waals surface area (Å²) in [6.07, 6.45) is 2.22. The lowest BCUT2D eigenvalue weighted by Crippen LogP contribution is -2.42. The molecular formula is C15H19ClN4O2S. The van der Waals surface area contributed by atoms with E-state index >= 15 is 0 Å². The average molecular weight is 355 g/mol. The van der Waals surface area contributed by atoms with Gasteiger partial charge in [0.15, 0.2) is 0 Å². The lowest BCUT2D eigenvalue weighted by molar-refractivity contribution is -0.131. The van der Waals surface area contributed by atoms with E-state index in [1.165, 1.54) is 6.20 Å². The number of halogens is 1. The van der Waals surface area contributed by atoms with Gasteiger partial charge < -0.3 is 15.5 Å². The molecule has 23 heavy (non-hydrogen) atoms. The first kappa shape index (κ1) is 16.5. The average Bonchev–Trinajstić information content (AvgIpc) is 3.24. The Morgan fingerprint density at radius 1 is 1.48 bits per heavy atom. The van der Waals surface area contributed by atoms with E-state index in [-0.39, 0.29) is 23.8 Å². The predicted octanol–water partition coefficient (Wildman–Crippen LogP) is 0.976. The molecule has 0 saturated carbocycles. The molecule has 2 aliphatic heterocycles. The van der Waals surface area contributed by atoms with Crippen molar-refractivity contribution < 1.29 is 9.59 Å². The maximum absolute atomic E-state index is 12.3. The van der Waals surface area contributed by atoms with Crippen LogP contribution in [0.25, 0.3) is 0 Å². The third kappa shape index (κ3) is 4.16. The molecule has 3 heterocycles. The van der Waals surface area contributed by atoms with Crippen molar-refractivity contribution in [2.75, 3.05) is 31.3 Å². The lowest BCUT2D eigenvalue weighted by atomic mass is 10.0. The van der Waals surface area contributed by atoms with Crippen LogP contribution in [0.15, 0.2) is 18.3 Å². The molecule has 2 fully saturated rings. The lowest BCUT2D eigenvalue weighted by Gasteiger charge is -2.19. The first-order valence-electron chi connectivity index (χ1n) is 7.63. The smallest absolute Gasteiger partial charge is 0.252 e. The van der Waals surface area contributed by atoms with Crippen LogP contribution >= 0.6 is 23.4 Å². The molecule has 0 aliphatic carbocycles. The van der Waals surface area contributed by atoms with Gasteiger partial charge in [-0.3, -0.25) is 9.59 Å². The molecular weight excluding hydrogens is 336 g/mol. The first-order valence-corrected chi connectivity index (χ1v) is 9.16. The minimum absolute atomic E-state index is 0.118. The minimum Gasteiger partial charge on any atom is -0.352 e. The molecule has 6 nitrogen and oxygen atoms in total. The highest BCUT2D eigenvalue weighted by Crippen LogP contribution is 2.20. The summed E-state index contributed by atoms with van der Waals surface area (Å²) in [5.41, 5.74) is 0.488. The zero-order valence-corrected chi connectivity index (χ0v) is 14.2. The van der Waals surface area contributed by atoms with Gasteiger partial charge in [0.2, 0.25) is 5.91 Å². The fourth-order valence-electron chi connectivity index (χ4n) is 2.81. The molecule has 0 bridgehead atoms. The summed E-state index contributed by atoms with van der Waals surface area (Å²) in [5, 5.41) is 6.53. The van der Waals surface area contributed by atoms with Gasteiger partial charge in [0.1, 0.15) is 5.15 Å². The van der Waals surface area contributed by atoms with E-state index in [0.29, 0.717) is 17.3 Å². The van der Waals surface area contributed by atoms with Gasteiger partial charge in [0.05, 0.1) is 17.5 Å². The van der Waals surface area contributed by atoms with E-state index < -0.39 is 0 Å². The number of rotatable bonds is 4. The van der Waals surface area contributed by atoms with Gasteiger partial charge in [-0.05, 0) is 24.5 Å². The van der Waals surface area contributed by atoms with Gasteiger partial charge in [-0.25, -0.2) is 4.98 Å². The maximum atomic E-state index is 12.3. The Labute approximate surface area is 144 Å². The van der Waals surface area contributed by atoms with E-state index in [0.717, 1.165) is 31.1 Å². The van der Waals surface area contributed by atoms with Crippen molar-refractivity contribution >= 4 is 35.2 Å². The number of carbonyl (C=O) groups excluding carboxylic acids is 2. The van der Waals surface area contributed by atoms with Gasteiger partial charge in [0.25, 0.3) is 5.91 Å². The number of amides is 2. The molecule has 1 aromatic rings. The monoisotopic (exact) mass is 354 g/mol.